The summed E-state index contributed by atoms with van der Waals surface area (Å²) in [6, 6.07) is 3.62. The van der Waals surface area contributed by atoms with E-state index in [4.69, 9.17) is 0 Å². The average molecular weight is 430 g/mol. The van der Waals surface area contributed by atoms with Gasteiger partial charge in [-0.25, -0.2) is 13.1 Å². The van der Waals surface area contributed by atoms with Crippen LogP contribution in [0.1, 0.15) is 31.2 Å². The number of amides is 1. The molecule has 11 heteroatoms. The third-order valence-corrected chi connectivity index (χ3v) is 5.47. The molecule has 1 atom stereocenters. The summed E-state index contributed by atoms with van der Waals surface area (Å²) in [5, 5.41) is 6.04. The minimum Gasteiger partial charge on any atom is -0.352 e. The quantitative estimate of drug-likeness (QED) is 0.579. The molecular formula is C16H23ClF3N3O3S. The number of rotatable bonds is 7. The topological polar surface area (TPSA) is 87.3 Å². The molecule has 0 aromatic heterocycles. The summed E-state index contributed by atoms with van der Waals surface area (Å²) in [6.45, 7) is 1.62. The summed E-state index contributed by atoms with van der Waals surface area (Å²) in [5.41, 5.74) is -1.03. The van der Waals surface area contributed by atoms with Crippen molar-refractivity contribution in [1.29, 1.82) is 0 Å². The first kappa shape index (κ1) is 23.7. The van der Waals surface area contributed by atoms with E-state index in [0.29, 0.717) is 12.6 Å². The Morgan fingerprint density at radius 1 is 1.30 bits per heavy atom. The van der Waals surface area contributed by atoms with Crippen molar-refractivity contribution in [3.63, 3.8) is 0 Å². The van der Waals surface area contributed by atoms with Crippen LogP contribution in [0.25, 0.3) is 0 Å². The Kier molecular flexibility index (Phi) is 9.00. The standard InChI is InChI=1S/C16H22F3N3O3S.ClH/c17-16(18,19)12-4-1-6-14(10-12)26(24,25)21-9-3-7-15(23)22-13-5-2-8-20-11-13;/h1,4,6,10,13,20-21H,2-3,5,7-9,11H2,(H,22,23);1H. The SMILES string of the molecule is Cl.O=C(CCCNS(=O)(=O)c1cccc(C(F)(F)F)c1)NC1CCCNC1. The highest BCUT2D eigenvalue weighted by Crippen LogP contribution is 2.30. The van der Waals surface area contributed by atoms with Crippen LogP contribution < -0.4 is 15.4 Å². The van der Waals surface area contributed by atoms with Crippen molar-refractivity contribution in [1.82, 2.24) is 15.4 Å². The number of piperidine rings is 1. The fourth-order valence-electron chi connectivity index (χ4n) is 2.65. The number of nitrogens with one attached hydrogen (secondary N) is 3. The molecule has 0 radical (unpaired) electrons. The molecule has 0 spiro atoms. The van der Waals surface area contributed by atoms with Crippen molar-refractivity contribution in [3.8, 4) is 0 Å². The van der Waals surface area contributed by atoms with Gasteiger partial charge in [-0.05, 0) is 44.0 Å². The van der Waals surface area contributed by atoms with Gasteiger partial charge < -0.3 is 10.6 Å². The van der Waals surface area contributed by atoms with Crippen LogP contribution >= 0.6 is 12.4 Å². The lowest BCUT2D eigenvalue weighted by Gasteiger charge is -2.23. The van der Waals surface area contributed by atoms with Crippen LogP contribution in [-0.2, 0) is 21.0 Å². The minimum atomic E-state index is -4.61. The summed E-state index contributed by atoms with van der Waals surface area (Å²) < 4.78 is 64.4. The lowest BCUT2D eigenvalue weighted by Crippen LogP contribution is -2.45. The van der Waals surface area contributed by atoms with Crippen LogP contribution in [0.15, 0.2) is 29.2 Å². The van der Waals surface area contributed by atoms with Crippen LogP contribution in [0.2, 0.25) is 0 Å². The Hall–Kier alpha value is -1.36. The Labute approximate surface area is 162 Å². The Bertz CT molecular complexity index is 723. The van der Waals surface area contributed by atoms with Crippen LogP contribution in [-0.4, -0.2) is 40.0 Å². The fourth-order valence-corrected chi connectivity index (χ4v) is 3.77. The van der Waals surface area contributed by atoms with Crippen LogP contribution in [0.3, 0.4) is 0 Å². The lowest BCUT2D eigenvalue weighted by molar-refractivity contribution is -0.137. The van der Waals surface area contributed by atoms with Crippen LogP contribution in [0, 0.1) is 0 Å². The maximum Gasteiger partial charge on any atom is 0.416 e. The van der Waals surface area contributed by atoms with Crippen molar-refractivity contribution in [2.75, 3.05) is 19.6 Å². The maximum atomic E-state index is 12.7. The Balaban J connectivity index is 0.00000364. The molecule has 1 amide bonds. The van der Waals surface area contributed by atoms with Crippen molar-refractivity contribution in [3.05, 3.63) is 29.8 Å². The summed E-state index contributed by atoms with van der Waals surface area (Å²) in [4.78, 5) is 11.4. The molecule has 3 N–H and O–H groups in total. The van der Waals surface area contributed by atoms with E-state index in [1.165, 1.54) is 0 Å². The normalized spacial score (nSPS) is 17.8. The first-order valence-corrected chi connectivity index (χ1v) is 9.84. The summed E-state index contributed by atoms with van der Waals surface area (Å²) in [6.07, 6.45) is -2.33. The molecule has 2 rings (SSSR count). The number of alkyl halides is 3. The van der Waals surface area contributed by atoms with E-state index < -0.39 is 26.7 Å². The summed E-state index contributed by atoms with van der Waals surface area (Å²) >= 11 is 0. The van der Waals surface area contributed by atoms with Crippen molar-refractivity contribution in [2.45, 2.75) is 42.8 Å². The van der Waals surface area contributed by atoms with E-state index in [0.717, 1.165) is 37.6 Å². The average Bonchev–Trinajstić information content (AvgIpc) is 2.59. The largest absolute Gasteiger partial charge is 0.416 e. The lowest BCUT2D eigenvalue weighted by atomic mass is 10.1. The second-order valence-corrected chi connectivity index (χ2v) is 7.90. The van der Waals surface area contributed by atoms with Gasteiger partial charge in [0.1, 0.15) is 0 Å². The highest BCUT2D eigenvalue weighted by Gasteiger charge is 2.31. The van der Waals surface area contributed by atoms with E-state index in [9.17, 15) is 26.4 Å². The number of sulfonamides is 1. The molecule has 6 nitrogen and oxygen atoms in total. The molecule has 1 aromatic rings. The molecule has 0 saturated carbocycles. The smallest absolute Gasteiger partial charge is 0.352 e. The van der Waals surface area contributed by atoms with Gasteiger partial charge in [0.05, 0.1) is 10.5 Å². The molecule has 1 saturated heterocycles. The molecular weight excluding hydrogens is 407 g/mol. The Morgan fingerprint density at radius 3 is 2.67 bits per heavy atom. The number of halogens is 4. The van der Waals surface area contributed by atoms with E-state index in [-0.39, 0.29) is 43.7 Å². The zero-order valence-electron chi connectivity index (χ0n) is 14.5. The van der Waals surface area contributed by atoms with Gasteiger partial charge in [-0.15, -0.1) is 12.4 Å². The molecule has 1 fully saturated rings. The van der Waals surface area contributed by atoms with Gasteiger partial charge in [-0.2, -0.15) is 13.2 Å². The number of carbonyl (C=O) groups is 1. The van der Waals surface area contributed by atoms with Crippen LogP contribution in [0.4, 0.5) is 13.2 Å². The molecule has 0 aliphatic carbocycles. The van der Waals surface area contributed by atoms with E-state index >= 15 is 0 Å². The van der Waals surface area contributed by atoms with Crippen LogP contribution in [0.5, 0.6) is 0 Å². The van der Waals surface area contributed by atoms with E-state index in [1.54, 1.807) is 0 Å². The molecule has 1 unspecified atom stereocenters. The molecule has 27 heavy (non-hydrogen) atoms. The van der Waals surface area contributed by atoms with Gasteiger partial charge in [-0.3, -0.25) is 4.79 Å². The molecule has 1 heterocycles. The minimum absolute atomic E-state index is 0. The highest BCUT2D eigenvalue weighted by molar-refractivity contribution is 7.89. The molecule has 0 bridgehead atoms. The van der Waals surface area contributed by atoms with Gasteiger partial charge in [-0.1, -0.05) is 6.07 Å². The Morgan fingerprint density at radius 2 is 2.04 bits per heavy atom. The second-order valence-electron chi connectivity index (χ2n) is 6.14. The van der Waals surface area contributed by atoms with Gasteiger partial charge in [0.2, 0.25) is 15.9 Å². The molecule has 1 aliphatic heterocycles. The summed E-state index contributed by atoms with van der Waals surface area (Å²) in [5.74, 6) is -0.169. The zero-order valence-corrected chi connectivity index (χ0v) is 16.1. The molecule has 154 valence electrons. The van der Waals surface area contributed by atoms with Gasteiger partial charge in [0.15, 0.2) is 0 Å². The fraction of sp³-hybridized carbons (Fsp3) is 0.562. The maximum absolute atomic E-state index is 12.7. The van der Waals surface area contributed by atoms with Crippen molar-refractivity contribution < 1.29 is 26.4 Å². The predicted octanol–water partition coefficient (Wildman–Crippen LogP) is 2.05. The molecule has 1 aromatic carbocycles. The van der Waals surface area contributed by atoms with E-state index in [1.807, 2.05) is 0 Å². The number of hydrogen-bond donors (Lipinski definition) is 3. The van der Waals surface area contributed by atoms with Crippen molar-refractivity contribution in [2.24, 2.45) is 0 Å². The first-order valence-electron chi connectivity index (χ1n) is 8.35. The van der Waals surface area contributed by atoms with Gasteiger partial charge in [0, 0.05) is 25.6 Å². The highest BCUT2D eigenvalue weighted by atomic mass is 35.5. The molecule has 1 aliphatic rings. The zero-order chi connectivity index (χ0) is 19.2. The number of carbonyl (C=O) groups excluding carboxylic acids is 1. The number of benzene rings is 1. The van der Waals surface area contributed by atoms with Crippen molar-refractivity contribution >= 4 is 28.3 Å². The number of hydrogen-bond acceptors (Lipinski definition) is 4. The van der Waals surface area contributed by atoms with E-state index in [2.05, 4.69) is 15.4 Å². The third-order valence-electron chi connectivity index (χ3n) is 4.01. The third kappa shape index (κ3) is 7.65. The second kappa shape index (κ2) is 10.3. The van der Waals surface area contributed by atoms with Gasteiger partial charge >= 0.3 is 6.18 Å². The first-order chi connectivity index (χ1) is 12.2. The predicted molar refractivity (Wildman–Crippen MR) is 97.1 cm³/mol. The summed E-state index contributed by atoms with van der Waals surface area (Å²) in [7, 11) is -4.06. The van der Waals surface area contributed by atoms with Gasteiger partial charge in [0.25, 0.3) is 0 Å². The monoisotopic (exact) mass is 429 g/mol.